The lowest BCUT2D eigenvalue weighted by molar-refractivity contribution is 1.17. The van der Waals surface area contributed by atoms with E-state index < -0.39 is 6.43 Å². The van der Waals surface area contributed by atoms with Crippen molar-refractivity contribution in [2.45, 2.75) is 6.43 Å². The zero-order valence-electron chi connectivity index (χ0n) is 8.76. The van der Waals surface area contributed by atoms with Crippen LogP contribution in [-0.2, 0) is 6.43 Å². The Bertz CT molecular complexity index is 475. The number of hydrogen-bond donors (Lipinski definition) is 0. The van der Waals surface area contributed by atoms with Gasteiger partial charge in [-0.05, 0) is 29.2 Å². The van der Waals surface area contributed by atoms with Gasteiger partial charge in [0.1, 0.15) is 0 Å². The van der Waals surface area contributed by atoms with Crippen LogP contribution < -0.4 is 0 Å². The first-order valence-corrected chi connectivity index (χ1v) is 11.6. The van der Waals surface area contributed by atoms with E-state index in [9.17, 15) is 0 Å². The van der Waals surface area contributed by atoms with Crippen LogP contribution in [0, 0.1) is 6.92 Å². The highest BCUT2D eigenvalue weighted by atomic mass is 80.0. The fraction of sp³-hybridized carbons (Fsp3) is 0.300. The van der Waals surface area contributed by atoms with Gasteiger partial charge in [0.2, 0.25) is 0 Å². The first-order valence-electron chi connectivity index (χ1n) is 4.47. The van der Waals surface area contributed by atoms with Crippen LogP contribution in [0.5, 0.6) is 0 Å². The molecule has 19 heavy (non-hydrogen) atoms. The van der Waals surface area contributed by atoms with Crippen molar-refractivity contribution in [3.8, 4) is 0 Å². The molecule has 0 aromatic heterocycles. The normalized spacial score (nSPS) is 13.8. The summed E-state index contributed by atoms with van der Waals surface area (Å²) < 4.78 is -1.65. The van der Waals surface area contributed by atoms with Gasteiger partial charge in [-0.25, -0.2) is 0 Å². The lowest BCUT2D eigenvalue weighted by Gasteiger charge is -2.28. The fourth-order valence-electron chi connectivity index (χ4n) is 1.47. The van der Waals surface area contributed by atoms with E-state index in [0.29, 0.717) is 0 Å². The maximum atomic E-state index is 4.19. The highest BCUT2D eigenvalue weighted by Gasteiger charge is 2.37. The molecule has 0 aliphatic heterocycles. The Hall–Kier alpha value is 3.54. The predicted molar refractivity (Wildman–Crippen MR) is 116 cm³/mol. The van der Waals surface area contributed by atoms with E-state index in [-0.39, 0.29) is 0 Å². The fourth-order valence-corrected chi connectivity index (χ4v) is 4.94. The van der Waals surface area contributed by atoms with E-state index in [1.807, 2.05) is 12.1 Å². The second kappa shape index (κ2) is 7.19. The number of halogens is 9. The van der Waals surface area contributed by atoms with E-state index in [1.54, 1.807) is 0 Å². The summed E-state index contributed by atoms with van der Waals surface area (Å²) in [6, 6.07) is 3.98. The van der Waals surface area contributed by atoms with Crippen LogP contribution in [-0.4, -0.2) is 0 Å². The lowest BCUT2D eigenvalue weighted by atomic mass is 10.00. The molecule has 0 spiro atoms. The van der Waals surface area contributed by atoms with Crippen LogP contribution in [0.3, 0.4) is 0 Å². The minimum Gasteiger partial charge on any atom is -0.0552 e. The predicted octanol–water partition coefficient (Wildman–Crippen LogP) is 8.75. The minimum absolute atomic E-state index is 0.525. The summed E-state index contributed by atoms with van der Waals surface area (Å²) in [6.07, 6.45) is 0. The van der Waals surface area contributed by atoms with Crippen molar-refractivity contribution in [2.24, 2.45) is 0 Å². The van der Waals surface area contributed by atoms with Crippen LogP contribution in [0.15, 0.2) is 12.1 Å². The van der Waals surface area contributed by atoms with Gasteiger partial charge in [0.05, 0.1) is 0 Å². The summed E-state index contributed by atoms with van der Waals surface area (Å²) in [5.41, 5.74) is 3.74. The van der Waals surface area contributed by atoms with Crippen LogP contribution in [0.25, 0.3) is 0 Å². The molecule has 1 aromatic rings. The van der Waals surface area contributed by atoms with Crippen molar-refractivity contribution in [3.05, 3.63) is 41.3 Å². The Labute approximate surface area is 188 Å². The second-order valence-corrected chi connectivity index (χ2v) is 23.8. The molecule has 1 rings (SSSR count). The smallest absolute Gasteiger partial charge is 0.0552 e. The quantitative estimate of drug-likeness (QED) is 0.230. The number of rotatable bonds is 0. The van der Waals surface area contributed by atoms with E-state index in [4.69, 9.17) is 0 Å². The van der Waals surface area contributed by atoms with E-state index in [2.05, 4.69) is 150 Å². The summed E-state index contributed by atoms with van der Waals surface area (Å²) in [6.45, 7) is 4.19. The molecule has 0 aliphatic rings. The molecular weight excluding hydrogens is 839 g/mol. The van der Waals surface area contributed by atoms with Crippen molar-refractivity contribution >= 4 is 143 Å². The maximum Gasteiger partial charge on any atom is 0.160 e. The summed E-state index contributed by atoms with van der Waals surface area (Å²) in [5.74, 6) is 0. The Morgan fingerprint density at radius 1 is 0.632 bits per heavy atom. The standard InChI is InChI=1S/C10H4Br9/c1-4-5(8(11,12)13)2-3-6(9(14,15)16)7(4)10(17,18)19/h2-3H,1H2. The van der Waals surface area contributed by atoms with Crippen molar-refractivity contribution < 1.29 is 0 Å². The van der Waals surface area contributed by atoms with E-state index >= 15 is 0 Å². The zero-order valence-corrected chi connectivity index (χ0v) is 23.0. The molecular formula is C10H4Br9. The number of benzene rings is 1. The minimum atomic E-state index is -0.589. The SMILES string of the molecule is [CH2]c1c(C(Br)(Br)Br)ccc(C(Br)(Br)Br)c1C(Br)(Br)Br. The molecule has 0 N–H and O–H groups in total. The third-order valence-corrected chi connectivity index (χ3v) is 5.96. The molecule has 0 amide bonds. The molecule has 1 aromatic carbocycles. The molecule has 0 saturated carbocycles. The van der Waals surface area contributed by atoms with Gasteiger partial charge >= 0.3 is 0 Å². The summed E-state index contributed by atoms with van der Waals surface area (Å²) in [5, 5.41) is 0. The average Bonchev–Trinajstić information content (AvgIpc) is 2.11. The van der Waals surface area contributed by atoms with Gasteiger partial charge in [-0.3, -0.25) is 0 Å². The van der Waals surface area contributed by atoms with Crippen LogP contribution >= 0.6 is 143 Å². The van der Waals surface area contributed by atoms with Crippen LogP contribution in [0.4, 0.5) is 0 Å². The third kappa shape index (κ3) is 5.54. The van der Waals surface area contributed by atoms with Gasteiger partial charge in [-0.15, -0.1) is 0 Å². The number of hydrogen-bond acceptors (Lipinski definition) is 0. The molecule has 0 heterocycles. The van der Waals surface area contributed by atoms with Gasteiger partial charge in [-0.1, -0.05) is 156 Å². The lowest BCUT2D eigenvalue weighted by Crippen LogP contribution is -2.15. The van der Waals surface area contributed by atoms with E-state index in [1.165, 1.54) is 0 Å². The molecule has 0 saturated heterocycles. The first-order chi connectivity index (χ1) is 8.26. The summed E-state index contributed by atoms with van der Waals surface area (Å²) >= 11 is 31.9. The van der Waals surface area contributed by atoms with Crippen LogP contribution in [0.2, 0.25) is 0 Å². The first kappa shape index (κ1) is 20.6. The largest absolute Gasteiger partial charge is 0.160 e. The Kier molecular flexibility index (Phi) is 7.79. The third-order valence-electron chi connectivity index (χ3n) is 2.21. The molecule has 107 valence electrons. The van der Waals surface area contributed by atoms with Crippen molar-refractivity contribution in [1.29, 1.82) is 0 Å². The summed E-state index contributed by atoms with van der Waals surface area (Å²) in [7, 11) is 0. The topological polar surface area (TPSA) is 0 Å². The Balaban J connectivity index is 3.71. The molecule has 1 radical (unpaired) electrons. The van der Waals surface area contributed by atoms with Gasteiger partial charge in [0, 0.05) is 0 Å². The average molecular weight is 843 g/mol. The van der Waals surface area contributed by atoms with Crippen LogP contribution in [0.1, 0.15) is 22.3 Å². The number of alkyl halides is 9. The second-order valence-electron chi connectivity index (χ2n) is 3.51. The van der Waals surface area contributed by atoms with Crippen molar-refractivity contribution in [1.82, 2.24) is 0 Å². The molecule has 0 nitrogen and oxygen atoms in total. The monoisotopic (exact) mass is 834 g/mol. The Morgan fingerprint density at radius 3 is 1.32 bits per heavy atom. The molecule has 0 fully saturated rings. The van der Waals surface area contributed by atoms with Gasteiger partial charge in [0.25, 0.3) is 0 Å². The van der Waals surface area contributed by atoms with Gasteiger partial charge in [0.15, 0.2) is 6.43 Å². The highest BCUT2D eigenvalue weighted by Crippen LogP contribution is 2.57. The molecule has 0 bridgehead atoms. The van der Waals surface area contributed by atoms with E-state index in [0.717, 1.165) is 22.3 Å². The Morgan fingerprint density at radius 2 is 1.00 bits per heavy atom. The molecule has 9 heteroatoms. The van der Waals surface area contributed by atoms with Gasteiger partial charge < -0.3 is 0 Å². The molecule has 0 atom stereocenters. The maximum absolute atomic E-state index is 4.19. The molecule has 0 aliphatic carbocycles. The zero-order chi connectivity index (χ0) is 15.2. The van der Waals surface area contributed by atoms with Gasteiger partial charge in [-0.2, -0.15) is 0 Å². The van der Waals surface area contributed by atoms with Crippen molar-refractivity contribution in [3.63, 3.8) is 0 Å². The highest BCUT2D eigenvalue weighted by molar-refractivity contribution is 9.39. The summed E-state index contributed by atoms with van der Waals surface area (Å²) in [4.78, 5) is 0. The molecule has 0 unspecified atom stereocenters. The van der Waals surface area contributed by atoms with Crippen molar-refractivity contribution in [2.75, 3.05) is 0 Å².